The topological polar surface area (TPSA) is 196 Å². The molecule has 0 saturated carbocycles. The van der Waals surface area contributed by atoms with Crippen LogP contribution in [0.5, 0.6) is 0 Å². The molecule has 1 aromatic rings. The van der Waals surface area contributed by atoms with Crippen LogP contribution in [0.3, 0.4) is 0 Å². The number of carbonyl (C=O) groups is 3. The van der Waals surface area contributed by atoms with Crippen molar-refractivity contribution in [1.29, 1.82) is 0 Å². The SMILES string of the molecule is NCCCC[C@H](NC(=O)[C@H](CO)NC(=O)[C@@H](N)Cc1c[nH]cn1)C(=O)O. The van der Waals surface area contributed by atoms with Crippen molar-refractivity contribution >= 4 is 17.8 Å². The fourth-order valence-corrected chi connectivity index (χ4v) is 2.22. The standard InChI is InChI=1S/C15H26N6O5/c16-4-2-1-3-11(15(25)26)20-14(24)12(7-22)21-13(23)10(17)5-9-6-18-8-19-9/h6,8,10-12,22H,1-5,7,16-17H2,(H,18,19)(H,20,24)(H,21,23)(H,25,26)/t10-,11-,12-/m0/s1. The van der Waals surface area contributed by atoms with Gasteiger partial charge in [-0.2, -0.15) is 0 Å². The van der Waals surface area contributed by atoms with Crippen LogP contribution in [0, 0.1) is 0 Å². The molecular weight excluding hydrogens is 344 g/mol. The molecule has 9 N–H and O–H groups in total. The summed E-state index contributed by atoms with van der Waals surface area (Å²) in [6.45, 7) is -0.272. The van der Waals surface area contributed by atoms with E-state index in [-0.39, 0.29) is 12.8 Å². The molecule has 1 aromatic heterocycles. The van der Waals surface area contributed by atoms with Crippen LogP contribution >= 0.6 is 0 Å². The highest BCUT2D eigenvalue weighted by Gasteiger charge is 2.27. The van der Waals surface area contributed by atoms with Crippen LogP contribution in [0.15, 0.2) is 12.5 Å². The summed E-state index contributed by atoms with van der Waals surface area (Å²) < 4.78 is 0. The average Bonchev–Trinajstić information content (AvgIpc) is 3.11. The number of hydrogen-bond acceptors (Lipinski definition) is 7. The van der Waals surface area contributed by atoms with E-state index in [1.54, 1.807) is 6.20 Å². The molecule has 0 saturated heterocycles. The van der Waals surface area contributed by atoms with Crippen molar-refractivity contribution in [2.45, 2.75) is 43.8 Å². The van der Waals surface area contributed by atoms with Crippen LogP contribution in [0.25, 0.3) is 0 Å². The number of aliphatic hydroxyl groups excluding tert-OH is 1. The second-order valence-electron chi connectivity index (χ2n) is 5.80. The van der Waals surface area contributed by atoms with Crippen molar-refractivity contribution in [3.8, 4) is 0 Å². The number of aliphatic hydroxyl groups is 1. The molecule has 0 fully saturated rings. The average molecular weight is 370 g/mol. The highest BCUT2D eigenvalue weighted by molar-refractivity contribution is 5.91. The number of aromatic nitrogens is 2. The molecule has 0 aliphatic heterocycles. The van der Waals surface area contributed by atoms with Crippen LogP contribution in [0.2, 0.25) is 0 Å². The number of aromatic amines is 1. The number of nitrogens with one attached hydrogen (secondary N) is 3. The van der Waals surface area contributed by atoms with Crippen LogP contribution in [-0.4, -0.2) is 69.2 Å². The van der Waals surface area contributed by atoms with E-state index in [9.17, 15) is 19.5 Å². The van der Waals surface area contributed by atoms with E-state index >= 15 is 0 Å². The normalized spacial score (nSPS) is 14.3. The molecular formula is C15H26N6O5. The Kier molecular flexibility index (Phi) is 9.26. The van der Waals surface area contributed by atoms with Gasteiger partial charge in [0, 0.05) is 12.6 Å². The number of rotatable bonds is 12. The summed E-state index contributed by atoms with van der Waals surface area (Å²) >= 11 is 0. The van der Waals surface area contributed by atoms with Gasteiger partial charge in [0.2, 0.25) is 11.8 Å². The lowest BCUT2D eigenvalue weighted by Crippen LogP contribution is -2.56. The summed E-state index contributed by atoms with van der Waals surface area (Å²) in [6, 6.07) is -3.40. The van der Waals surface area contributed by atoms with Crippen LogP contribution in [0.1, 0.15) is 25.0 Å². The Hall–Kier alpha value is -2.50. The maximum atomic E-state index is 12.2. The van der Waals surface area contributed by atoms with Crippen LogP contribution in [-0.2, 0) is 20.8 Å². The van der Waals surface area contributed by atoms with E-state index in [2.05, 4.69) is 20.6 Å². The fourth-order valence-electron chi connectivity index (χ4n) is 2.22. The predicted molar refractivity (Wildman–Crippen MR) is 91.8 cm³/mol. The van der Waals surface area contributed by atoms with Gasteiger partial charge >= 0.3 is 5.97 Å². The van der Waals surface area contributed by atoms with Crippen molar-refractivity contribution in [3.63, 3.8) is 0 Å². The van der Waals surface area contributed by atoms with Gasteiger partial charge in [0.25, 0.3) is 0 Å². The van der Waals surface area contributed by atoms with E-state index in [1.807, 2.05) is 0 Å². The molecule has 2 amide bonds. The zero-order valence-corrected chi connectivity index (χ0v) is 14.4. The minimum atomic E-state index is -1.30. The van der Waals surface area contributed by atoms with Crippen molar-refractivity contribution in [3.05, 3.63) is 18.2 Å². The van der Waals surface area contributed by atoms with E-state index in [1.165, 1.54) is 6.33 Å². The van der Waals surface area contributed by atoms with Crippen LogP contribution < -0.4 is 22.1 Å². The molecule has 11 nitrogen and oxygen atoms in total. The first-order chi connectivity index (χ1) is 12.4. The molecule has 26 heavy (non-hydrogen) atoms. The number of aliphatic carboxylic acids is 1. The second kappa shape index (κ2) is 11.2. The fraction of sp³-hybridized carbons (Fsp3) is 0.600. The summed E-state index contributed by atoms with van der Waals surface area (Å²) in [7, 11) is 0. The van der Waals surface area contributed by atoms with Crippen molar-refractivity contribution < 1.29 is 24.6 Å². The van der Waals surface area contributed by atoms with E-state index in [4.69, 9.17) is 16.6 Å². The molecule has 11 heteroatoms. The van der Waals surface area contributed by atoms with Gasteiger partial charge in [-0.15, -0.1) is 0 Å². The maximum absolute atomic E-state index is 12.2. The van der Waals surface area contributed by atoms with Gasteiger partial charge in [0.05, 0.1) is 24.7 Å². The number of hydrogen-bond donors (Lipinski definition) is 7. The van der Waals surface area contributed by atoms with Gasteiger partial charge in [-0.05, 0) is 25.8 Å². The lowest BCUT2D eigenvalue weighted by atomic mass is 10.1. The Morgan fingerprint density at radius 2 is 1.88 bits per heavy atom. The maximum Gasteiger partial charge on any atom is 0.326 e. The number of carboxylic acids is 1. The number of nitrogens with two attached hydrogens (primary N) is 2. The first-order valence-electron chi connectivity index (χ1n) is 8.26. The zero-order chi connectivity index (χ0) is 19.5. The minimum absolute atomic E-state index is 0.145. The summed E-state index contributed by atoms with van der Waals surface area (Å²) in [6.07, 6.45) is 4.53. The Bertz CT molecular complexity index is 579. The summed E-state index contributed by atoms with van der Waals surface area (Å²) in [5.41, 5.74) is 11.7. The van der Waals surface area contributed by atoms with Gasteiger partial charge in [-0.3, -0.25) is 9.59 Å². The van der Waals surface area contributed by atoms with E-state index in [0.29, 0.717) is 25.1 Å². The third-order valence-corrected chi connectivity index (χ3v) is 3.70. The number of unbranched alkanes of at least 4 members (excludes halogenated alkanes) is 1. The molecule has 1 heterocycles. The Morgan fingerprint density at radius 1 is 1.19 bits per heavy atom. The second-order valence-corrected chi connectivity index (χ2v) is 5.80. The van der Waals surface area contributed by atoms with Gasteiger partial charge in [-0.25, -0.2) is 9.78 Å². The Balaban J connectivity index is 2.57. The summed E-state index contributed by atoms with van der Waals surface area (Å²) in [5, 5.41) is 23.1. The van der Waals surface area contributed by atoms with Gasteiger partial charge < -0.3 is 37.3 Å². The van der Waals surface area contributed by atoms with Crippen molar-refractivity contribution in [1.82, 2.24) is 20.6 Å². The molecule has 0 unspecified atom stereocenters. The number of carbonyl (C=O) groups excluding carboxylic acids is 2. The molecule has 0 bridgehead atoms. The zero-order valence-electron chi connectivity index (χ0n) is 14.4. The first kappa shape index (κ1) is 21.5. The van der Waals surface area contributed by atoms with Gasteiger partial charge in [0.15, 0.2) is 0 Å². The highest BCUT2D eigenvalue weighted by Crippen LogP contribution is 2.02. The number of nitrogens with zero attached hydrogens (tertiary/aromatic N) is 1. The molecule has 3 atom stereocenters. The lowest BCUT2D eigenvalue weighted by Gasteiger charge is -2.21. The molecule has 146 valence electrons. The van der Waals surface area contributed by atoms with Crippen molar-refractivity contribution in [2.75, 3.05) is 13.2 Å². The number of carboxylic acid groups (broad SMARTS) is 1. The Morgan fingerprint density at radius 3 is 2.42 bits per heavy atom. The minimum Gasteiger partial charge on any atom is -0.480 e. The molecule has 0 aliphatic rings. The molecule has 0 aliphatic carbocycles. The third-order valence-electron chi connectivity index (χ3n) is 3.70. The number of H-pyrrole nitrogens is 1. The molecule has 0 spiro atoms. The van der Waals surface area contributed by atoms with E-state index < -0.39 is 42.5 Å². The molecule has 1 rings (SSSR count). The summed E-state index contributed by atoms with van der Waals surface area (Å²) in [4.78, 5) is 42.1. The van der Waals surface area contributed by atoms with E-state index in [0.717, 1.165) is 0 Å². The smallest absolute Gasteiger partial charge is 0.326 e. The summed E-state index contributed by atoms with van der Waals surface area (Å²) in [5.74, 6) is -2.65. The highest BCUT2D eigenvalue weighted by atomic mass is 16.4. The quantitative estimate of drug-likeness (QED) is 0.195. The first-order valence-corrected chi connectivity index (χ1v) is 8.26. The largest absolute Gasteiger partial charge is 0.480 e. The molecule has 0 radical (unpaired) electrons. The van der Waals surface area contributed by atoms with Crippen molar-refractivity contribution in [2.24, 2.45) is 11.5 Å². The van der Waals surface area contributed by atoms with Crippen LogP contribution in [0.4, 0.5) is 0 Å². The van der Waals surface area contributed by atoms with Gasteiger partial charge in [0.1, 0.15) is 12.1 Å². The lowest BCUT2D eigenvalue weighted by molar-refractivity contribution is -0.142. The molecule has 0 aromatic carbocycles. The monoisotopic (exact) mass is 370 g/mol. The Labute approximate surface area is 150 Å². The third kappa shape index (κ3) is 7.17. The van der Waals surface area contributed by atoms with Gasteiger partial charge in [-0.1, -0.05) is 0 Å². The number of amides is 2. The predicted octanol–water partition coefficient (Wildman–Crippen LogP) is -2.54. The number of imidazole rings is 1.